The maximum atomic E-state index is 14.0. The molecule has 1 N–H and O–H groups in total. The number of furan rings is 1. The minimum atomic E-state index is -0.679. The molecule has 0 unspecified atom stereocenters. The van der Waals surface area contributed by atoms with Crippen LogP contribution in [0.25, 0.3) is 6.08 Å². The van der Waals surface area contributed by atoms with Crippen molar-refractivity contribution in [3.8, 4) is 5.75 Å². The summed E-state index contributed by atoms with van der Waals surface area (Å²) in [7, 11) is 0. The third-order valence-electron chi connectivity index (χ3n) is 6.92. The quantitative estimate of drug-likeness (QED) is 0.223. The number of nitrogens with one attached hydrogen (secondary N) is 1. The predicted octanol–water partition coefficient (Wildman–Crippen LogP) is 6.33. The Morgan fingerprint density at radius 1 is 1.02 bits per heavy atom. The number of fused-ring (bicyclic) bond motifs is 1. The Balaban J connectivity index is 1.40. The number of benzene rings is 3. The van der Waals surface area contributed by atoms with Crippen LogP contribution in [0.15, 0.2) is 126 Å². The zero-order chi connectivity index (χ0) is 29.9. The molecule has 0 aliphatic carbocycles. The summed E-state index contributed by atoms with van der Waals surface area (Å²) in [6.07, 6.45) is 1.74. The van der Waals surface area contributed by atoms with E-state index in [9.17, 15) is 9.59 Å². The van der Waals surface area contributed by atoms with Gasteiger partial charge < -0.3 is 14.5 Å². The molecule has 0 radical (unpaired) electrons. The highest BCUT2D eigenvalue weighted by atomic mass is 32.2. The van der Waals surface area contributed by atoms with Gasteiger partial charge in [0.1, 0.15) is 11.5 Å². The summed E-state index contributed by atoms with van der Waals surface area (Å²) in [5.74, 6) is 0.964. The highest BCUT2D eigenvalue weighted by Gasteiger charge is 2.32. The topological polar surface area (TPSA) is 85.8 Å². The van der Waals surface area contributed by atoms with Gasteiger partial charge in [0.25, 0.3) is 11.5 Å². The molecule has 7 nitrogen and oxygen atoms in total. The van der Waals surface area contributed by atoms with Crippen LogP contribution in [-0.4, -0.2) is 17.1 Å². The number of carbonyl (C=O) groups is 1. The monoisotopic (exact) mass is 607 g/mol. The number of carbonyl (C=O) groups excluding carboxylic acids is 1. The number of hydrogen-bond donors (Lipinski definition) is 1. The summed E-state index contributed by atoms with van der Waals surface area (Å²) in [6.45, 7) is 6.32. The fourth-order valence-corrected chi connectivity index (χ4v) is 6.68. The van der Waals surface area contributed by atoms with E-state index in [1.807, 2.05) is 73.7 Å². The van der Waals surface area contributed by atoms with Gasteiger partial charge in [-0.3, -0.25) is 14.2 Å². The molecular formula is C34H29N3O4S2. The van der Waals surface area contributed by atoms with Gasteiger partial charge in [-0.05, 0) is 74.9 Å². The molecule has 1 aliphatic heterocycles. The SMILES string of the molecule is CCOc1ccc([C@H]2C(C(=O)Nc3ccccc3)=C(C)N=c3s/c(=C\c4ccc(Sc5ccc(C)cc5)o4)c(=O)n32)cc1. The summed E-state index contributed by atoms with van der Waals surface area (Å²) >= 11 is 2.79. The van der Waals surface area contributed by atoms with Gasteiger partial charge in [-0.25, -0.2) is 4.99 Å². The molecule has 1 aliphatic rings. The van der Waals surface area contributed by atoms with Gasteiger partial charge in [0.15, 0.2) is 9.89 Å². The Kier molecular flexibility index (Phi) is 8.18. The number of ether oxygens (including phenoxy) is 1. The van der Waals surface area contributed by atoms with Crippen molar-refractivity contribution in [1.29, 1.82) is 0 Å². The molecule has 216 valence electrons. The van der Waals surface area contributed by atoms with Gasteiger partial charge in [0.2, 0.25) is 0 Å². The molecule has 3 heterocycles. The molecule has 0 saturated carbocycles. The van der Waals surface area contributed by atoms with Crippen molar-refractivity contribution in [3.63, 3.8) is 0 Å². The smallest absolute Gasteiger partial charge is 0.271 e. The Bertz CT molecular complexity index is 1990. The van der Waals surface area contributed by atoms with Gasteiger partial charge in [-0.1, -0.05) is 71.1 Å². The molecule has 1 atom stereocenters. The molecule has 9 heteroatoms. The predicted molar refractivity (Wildman–Crippen MR) is 170 cm³/mol. The number of thiazole rings is 1. The van der Waals surface area contributed by atoms with Crippen LogP contribution in [0.2, 0.25) is 0 Å². The summed E-state index contributed by atoms with van der Waals surface area (Å²) in [5.41, 5.74) is 3.34. The van der Waals surface area contributed by atoms with E-state index in [4.69, 9.17) is 14.1 Å². The average Bonchev–Trinajstić information content (AvgIpc) is 3.57. The number of amides is 1. The number of aromatic nitrogens is 1. The summed E-state index contributed by atoms with van der Waals surface area (Å²) < 4.78 is 13.8. The first-order valence-corrected chi connectivity index (χ1v) is 15.5. The number of allylic oxidation sites excluding steroid dienone is 1. The van der Waals surface area contributed by atoms with E-state index in [-0.39, 0.29) is 11.5 Å². The van der Waals surface area contributed by atoms with Crippen LogP contribution >= 0.6 is 23.1 Å². The fourth-order valence-electron chi connectivity index (χ4n) is 4.88. The van der Waals surface area contributed by atoms with Crippen LogP contribution in [0.1, 0.15) is 36.8 Å². The Hall–Kier alpha value is -4.60. The second-order valence-electron chi connectivity index (χ2n) is 9.98. The van der Waals surface area contributed by atoms with E-state index in [1.165, 1.54) is 28.7 Å². The minimum absolute atomic E-state index is 0.246. The lowest BCUT2D eigenvalue weighted by Gasteiger charge is -2.25. The van der Waals surface area contributed by atoms with E-state index in [1.54, 1.807) is 17.6 Å². The maximum absolute atomic E-state index is 14.0. The molecular weight excluding hydrogens is 579 g/mol. The number of hydrogen-bond acceptors (Lipinski definition) is 7. The third-order valence-corrected chi connectivity index (χ3v) is 8.83. The number of nitrogens with zero attached hydrogens (tertiary/aromatic N) is 2. The van der Waals surface area contributed by atoms with Crippen molar-refractivity contribution >= 4 is 40.8 Å². The Labute approximate surface area is 256 Å². The fraction of sp³-hybridized carbons (Fsp3) is 0.147. The van der Waals surface area contributed by atoms with E-state index >= 15 is 0 Å². The summed E-state index contributed by atoms with van der Waals surface area (Å²) in [4.78, 5) is 34.0. The largest absolute Gasteiger partial charge is 0.494 e. The van der Waals surface area contributed by atoms with Crippen LogP contribution in [0.4, 0.5) is 5.69 Å². The van der Waals surface area contributed by atoms with E-state index in [0.29, 0.717) is 44.4 Å². The lowest BCUT2D eigenvalue weighted by Crippen LogP contribution is -2.40. The van der Waals surface area contributed by atoms with Crippen molar-refractivity contribution in [2.45, 2.75) is 36.8 Å². The van der Waals surface area contributed by atoms with Crippen molar-refractivity contribution in [1.82, 2.24) is 4.57 Å². The number of aryl methyl sites for hydroxylation is 1. The lowest BCUT2D eigenvalue weighted by molar-refractivity contribution is -0.113. The highest BCUT2D eigenvalue weighted by molar-refractivity contribution is 7.99. The maximum Gasteiger partial charge on any atom is 0.271 e. The van der Waals surface area contributed by atoms with Gasteiger partial charge >= 0.3 is 0 Å². The van der Waals surface area contributed by atoms with Gasteiger partial charge in [-0.2, -0.15) is 0 Å². The zero-order valence-corrected chi connectivity index (χ0v) is 25.5. The molecule has 43 heavy (non-hydrogen) atoms. The molecule has 6 rings (SSSR count). The second-order valence-corrected chi connectivity index (χ2v) is 12.1. The Morgan fingerprint density at radius 3 is 2.49 bits per heavy atom. The van der Waals surface area contributed by atoms with E-state index in [2.05, 4.69) is 36.5 Å². The van der Waals surface area contributed by atoms with Crippen LogP contribution in [0.3, 0.4) is 0 Å². The Morgan fingerprint density at radius 2 is 1.77 bits per heavy atom. The van der Waals surface area contributed by atoms with Crippen LogP contribution in [0.5, 0.6) is 5.75 Å². The van der Waals surface area contributed by atoms with Crippen LogP contribution in [-0.2, 0) is 4.79 Å². The van der Waals surface area contributed by atoms with Gasteiger partial charge in [0, 0.05) is 16.7 Å². The van der Waals surface area contributed by atoms with Crippen LogP contribution < -0.4 is 24.9 Å². The van der Waals surface area contributed by atoms with E-state index < -0.39 is 6.04 Å². The first-order chi connectivity index (χ1) is 20.9. The number of para-hydroxylation sites is 1. The molecule has 1 amide bonds. The molecule has 0 fully saturated rings. The molecule has 3 aromatic carbocycles. The molecule has 0 saturated heterocycles. The number of rotatable bonds is 8. The van der Waals surface area contributed by atoms with Crippen molar-refractivity contribution in [2.75, 3.05) is 11.9 Å². The first-order valence-electron chi connectivity index (χ1n) is 13.9. The standard InChI is InChI=1S/C34H29N3O4S2/c1-4-40-25-14-12-23(13-15-25)31-30(32(38)36-24-8-6-5-7-9-24)22(3)35-34-37(31)33(39)28(43-34)20-26-16-19-29(41-26)42-27-17-10-21(2)11-18-27/h5-20,31H,4H2,1-3H3,(H,36,38)/b28-20-/t31-/m0/s1. The molecule has 2 aromatic heterocycles. The zero-order valence-electron chi connectivity index (χ0n) is 23.9. The van der Waals surface area contributed by atoms with Gasteiger partial charge in [0.05, 0.1) is 28.5 Å². The molecule has 5 aromatic rings. The normalized spacial score (nSPS) is 14.8. The lowest BCUT2D eigenvalue weighted by atomic mass is 9.95. The van der Waals surface area contributed by atoms with Crippen LogP contribution in [0, 0.1) is 6.92 Å². The van der Waals surface area contributed by atoms with Crippen molar-refractivity contribution < 1.29 is 13.9 Å². The third kappa shape index (κ3) is 6.14. The van der Waals surface area contributed by atoms with Gasteiger partial charge in [-0.15, -0.1) is 0 Å². The second kappa shape index (κ2) is 12.3. The minimum Gasteiger partial charge on any atom is -0.494 e. The molecule has 0 spiro atoms. The average molecular weight is 608 g/mol. The summed E-state index contributed by atoms with van der Waals surface area (Å²) in [5, 5.41) is 3.71. The highest BCUT2D eigenvalue weighted by Crippen LogP contribution is 2.32. The van der Waals surface area contributed by atoms with Crippen molar-refractivity contribution in [3.05, 3.63) is 139 Å². The number of anilines is 1. The van der Waals surface area contributed by atoms with Crippen molar-refractivity contribution in [2.24, 2.45) is 4.99 Å². The molecule has 0 bridgehead atoms. The first kappa shape index (κ1) is 28.5. The van der Waals surface area contributed by atoms with E-state index in [0.717, 1.165) is 15.6 Å². The summed E-state index contributed by atoms with van der Waals surface area (Å²) in [6, 6.07) is 28.0.